The standard InChI is InChI=1S/C15H21N3O4/c1-3-17-9-5-6-11(17)10-16-15(19)12-7-4-8-13(18(20)21)14(12)22-2/h4,7-8,11H,3,5-6,9-10H2,1-2H3,(H,16,19). The topological polar surface area (TPSA) is 84.7 Å². The van der Waals surface area contributed by atoms with Crippen LogP contribution in [0.3, 0.4) is 0 Å². The lowest BCUT2D eigenvalue weighted by Gasteiger charge is -2.23. The Bertz CT molecular complexity index is 562. The Morgan fingerprint density at radius 1 is 1.55 bits per heavy atom. The number of nitro groups is 1. The summed E-state index contributed by atoms with van der Waals surface area (Å²) in [5.74, 6) is -0.340. The van der Waals surface area contributed by atoms with Crippen molar-refractivity contribution in [2.75, 3.05) is 26.7 Å². The minimum Gasteiger partial charge on any atom is -0.490 e. The largest absolute Gasteiger partial charge is 0.490 e. The Morgan fingerprint density at radius 2 is 2.32 bits per heavy atom. The van der Waals surface area contributed by atoms with Gasteiger partial charge in [-0.3, -0.25) is 19.8 Å². The first-order valence-corrected chi connectivity index (χ1v) is 7.42. The van der Waals surface area contributed by atoms with Gasteiger partial charge in [0.2, 0.25) is 5.75 Å². The summed E-state index contributed by atoms with van der Waals surface area (Å²) in [5, 5.41) is 13.9. The number of carbonyl (C=O) groups is 1. The van der Waals surface area contributed by atoms with Crippen LogP contribution in [0.4, 0.5) is 5.69 Å². The molecule has 2 rings (SSSR count). The van der Waals surface area contributed by atoms with Crippen LogP contribution in [0.2, 0.25) is 0 Å². The van der Waals surface area contributed by atoms with Gasteiger partial charge in [0, 0.05) is 18.7 Å². The van der Waals surface area contributed by atoms with E-state index in [0.717, 1.165) is 25.9 Å². The van der Waals surface area contributed by atoms with Gasteiger partial charge in [-0.15, -0.1) is 0 Å². The number of hydrogen-bond donors (Lipinski definition) is 1. The first-order chi connectivity index (χ1) is 10.6. The van der Waals surface area contributed by atoms with E-state index in [1.165, 1.54) is 25.3 Å². The Morgan fingerprint density at radius 3 is 2.95 bits per heavy atom. The van der Waals surface area contributed by atoms with Crippen molar-refractivity contribution in [2.45, 2.75) is 25.8 Å². The molecule has 0 bridgehead atoms. The van der Waals surface area contributed by atoms with Crippen LogP contribution in [-0.2, 0) is 0 Å². The van der Waals surface area contributed by atoms with Gasteiger partial charge >= 0.3 is 5.69 Å². The van der Waals surface area contributed by atoms with Gasteiger partial charge < -0.3 is 10.1 Å². The summed E-state index contributed by atoms with van der Waals surface area (Å²) in [4.78, 5) is 25.1. The maximum Gasteiger partial charge on any atom is 0.311 e. The van der Waals surface area contributed by atoms with E-state index in [4.69, 9.17) is 4.74 Å². The van der Waals surface area contributed by atoms with Crippen molar-refractivity contribution < 1.29 is 14.5 Å². The van der Waals surface area contributed by atoms with E-state index in [-0.39, 0.29) is 22.9 Å². The van der Waals surface area contributed by atoms with E-state index in [1.807, 2.05) is 0 Å². The summed E-state index contributed by atoms with van der Waals surface area (Å²) in [7, 11) is 1.33. The molecular weight excluding hydrogens is 286 g/mol. The summed E-state index contributed by atoms with van der Waals surface area (Å²) >= 11 is 0. The fourth-order valence-electron chi connectivity index (χ4n) is 2.91. The van der Waals surface area contributed by atoms with Crippen LogP contribution in [0.5, 0.6) is 5.75 Å². The molecule has 1 unspecified atom stereocenters. The van der Waals surface area contributed by atoms with Crippen LogP contribution < -0.4 is 10.1 Å². The van der Waals surface area contributed by atoms with Crippen molar-refractivity contribution >= 4 is 11.6 Å². The normalized spacial score (nSPS) is 18.2. The third-order valence-electron chi connectivity index (χ3n) is 4.04. The molecule has 0 radical (unpaired) electrons. The first kappa shape index (κ1) is 16.2. The number of likely N-dealkylation sites (tertiary alicyclic amines) is 1. The molecule has 1 saturated heterocycles. The molecule has 0 aromatic heterocycles. The number of hydrogen-bond acceptors (Lipinski definition) is 5. The number of nitro benzene ring substituents is 1. The average molecular weight is 307 g/mol. The SMILES string of the molecule is CCN1CCCC1CNC(=O)c1cccc([N+](=O)[O-])c1OC. The van der Waals surface area contributed by atoms with Crippen molar-refractivity contribution in [1.82, 2.24) is 10.2 Å². The molecule has 0 aliphatic carbocycles. The number of ether oxygens (including phenoxy) is 1. The number of rotatable bonds is 6. The zero-order chi connectivity index (χ0) is 16.1. The van der Waals surface area contributed by atoms with Gasteiger partial charge in [-0.1, -0.05) is 13.0 Å². The van der Waals surface area contributed by atoms with E-state index in [0.29, 0.717) is 12.6 Å². The fourth-order valence-corrected chi connectivity index (χ4v) is 2.91. The molecule has 7 nitrogen and oxygen atoms in total. The highest BCUT2D eigenvalue weighted by atomic mass is 16.6. The molecule has 0 saturated carbocycles. The minimum atomic E-state index is -0.550. The Kier molecular flexibility index (Phi) is 5.32. The summed E-state index contributed by atoms with van der Waals surface area (Å²) < 4.78 is 5.06. The second-order valence-corrected chi connectivity index (χ2v) is 5.25. The van der Waals surface area contributed by atoms with Crippen LogP contribution >= 0.6 is 0 Å². The molecule has 1 atom stereocenters. The van der Waals surface area contributed by atoms with E-state index in [2.05, 4.69) is 17.1 Å². The van der Waals surface area contributed by atoms with Gasteiger partial charge in [0.05, 0.1) is 17.6 Å². The van der Waals surface area contributed by atoms with E-state index < -0.39 is 4.92 Å². The molecule has 1 N–H and O–H groups in total. The predicted octanol–water partition coefficient (Wildman–Crippen LogP) is 1.82. The number of likely N-dealkylation sites (N-methyl/N-ethyl adjacent to an activating group) is 1. The van der Waals surface area contributed by atoms with Crippen LogP contribution in [0.25, 0.3) is 0 Å². The average Bonchev–Trinajstić information content (AvgIpc) is 2.99. The number of carbonyl (C=O) groups excluding carboxylic acids is 1. The quantitative estimate of drug-likeness (QED) is 0.640. The van der Waals surface area contributed by atoms with Crippen LogP contribution in [-0.4, -0.2) is 48.5 Å². The summed E-state index contributed by atoms with van der Waals surface area (Å²) in [5.41, 5.74) is -0.0102. The van der Waals surface area contributed by atoms with Crippen molar-refractivity contribution in [3.05, 3.63) is 33.9 Å². The van der Waals surface area contributed by atoms with Crippen molar-refractivity contribution in [3.8, 4) is 5.75 Å². The molecule has 7 heteroatoms. The molecular formula is C15H21N3O4. The van der Waals surface area contributed by atoms with Crippen LogP contribution in [0.1, 0.15) is 30.1 Å². The molecule has 1 fully saturated rings. The van der Waals surface area contributed by atoms with Crippen LogP contribution in [0, 0.1) is 10.1 Å². The number of amides is 1. The van der Waals surface area contributed by atoms with Gasteiger partial charge in [0.25, 0.3) is 5.91 Å². The van der Waals surface area contributed by atoms with E-state index in [1.54, 1.807) is 0 Å². The highest BCUT2D eigenvalue weighted by Crippen LogP contribution is 2.30. The van der Waals surface area contributed by atoms with Crippen molar-refractivity contribution in [1.29, 1.82) is 0 Å². The number of nitrogens with zero attached hydrogens (tertiary/aromatic N) is 2. The zero-order valence-corrected chi connectivity index (χ0v) is 12.9. The highest BCUT2D eigenvalue weighted by Gasteiger charge is 2.26. The molecule has 1 aliphatic rings. The molecule has 1 aliphatic heterocycles. The van der Waals surface area contributed by atoms with E-state index in [9.17, 15) is 14.9 Å². The monoisotopic (exact) mass is 307 g/mol. The van der Waals surface area contributed by atoms with Gasteiger partial charge in [0.15, 0.2) is 0 Å². The Labute approximate surface area is 129 Å². The number of methoxy groups -OCH3 is 1. The molecule has 1 heterocycles. The van der Waals surface area contributed by atoms with Gasteiger partial charge in [0.1, 0.15) is 0 Å². The maximum absolute atomic E-state index is 12.3. The molecule has 0 spiro atoms. The number of nitrogens with one attached hydrogen (secondary N) is 1. The molecule has 1 aromatic rings. The predicted molar refractivity (Wildman–Crippen MR) is 82.3 cm³/mol. The van der Waals surface area contributed by atoms with Gasteiger partial charge in [-0.25, -0.2) is 0 Å². The Balaban J connectivity index is 2.09. The summed E-state index contributed by atoms with van der Waals surface area (Å²) in [6.07, 6.45) is 2.19. The summed E-state index contributed by atoms with van der Waals surface area (Å²) in [6, 6.07) is 4.68. The molecule has 1 aromatic carbocycles. The first-order valence-electron chi connectivity index (χ1n) is 7.42. The third-order valence-corrected chi connectivity index (χ3v) is 4.04. The van der Waals surface area contributed by atoms with Gasteiger partial charge in [-0.05, 0) is 32.0 Å². The fraction of sp³-hybridized carbons (Fsp3) is 0.533. The maximum atomic E-state index is 12.3. The highest BCUT2D eigenvalue weighted by molar-refractivity contribution is 5.98. The lowest BCUT2D eigenvalue weighted by atomic mass is 10.1. The number of para-hydroxylation sites is 1. The summed E-state index contributed by atoms with van der Waals surface area (Å²) in [6.45, 7) is 4.65. The minimum absolute atomic E-state index is 0.00349. The lowest BCUT2D eigenvalue weighted by molar-refractivity contribution is -0.385. The van der Waals surface area contributed by atoms with Crippen molar-refractivity contribution in [2.24, 2.45) is 0 Å². The molecule has 120 valence electrons. The smallest absolute Gasteiger partial charge is 0.311 e. The third kappa shape index (κ3) is 3.36. The lowest BCUT2D eigenvalue weighted by Crippen LogP contribution is -2.40. The zero-order valence-electron chi connectivity index (χ0n) is 12.9. The van der Waals surface area contributed by atoms with Crippen LogP contribution in [0.15, 0.2) is 18.2 Å². The Hall–Kier alpha value is -2.15. The second kappa shape index (κ2) is 7.22. The van der Waals surface area contributed by atoms with Crippen molar-refractivity contribution in [3.63, 3.8) is 0 Å². The second-order valence-electron chi connectivity index (χ2n) is 5.25. The van der Waals surface area contributed by atoms with E-state index >= 15 is 0 Å². The molecule has 1 amide bonds. The van der Waals surface area contributed by atoms with Gasteiger partial charge in [-0.2, -0.15) is 0 Å². The molecule has 22 heavy (non-hydrogen) atoms. The number of benzene rings is 1.